The smallest absolute Gasteiger partial charge is 0.298 e. The van der Waals surface area contributed by atoms with E-state index >= 15 is 0 Å². The molecule has 4 aromatic rings. The Labute approximate surface area is 194 Å². The maximum absolute atomic E-state index is 12.9. The van der Waals surface area contributed by atoms with Gasteiger partial charge in [0.05, 0.1) is 16.5 Å². The van der Waals surface area contributed by atoms with Crippen LogP contribution in [0.4, 0.5) is 18.3 Å². The first-order chi connectivity index (χ1) is 16.2. The zero-order valence-electron chi connectivity index (χ0n) is 17.8. The van der Waals surface area contributed by atoms with Crippen molar-refractivity contribution in [2.24, 2.45) is 0 Å². The fourth-order valence-electron chi connectivity index (χ4n) is 3.40. The molecule has 1 amide bonds. The van der Waals surface area contributed by atoms with Crippen LogP contribution in [0.2, 0.25) is 0 Å². The van der Waals surface area contributed by atoms with Gasteiger partial charge in [0.15, 0.2) is 5.13 Å². The SMILES string of the molecule is CCCn1c(=O)[nH]c(=O)c2cc(C(=O)Nc3ncc(Cc4cccc(C(F)(F)F)c4)s3)cnc21. The van der Waals surface area contributed by atoms with Crippen LogP contribution in [0.15, 0.2) is 52.3 Å². The Hall–Kier alpha value is -3.80. The Morgan fingerprint density at radius 1 is 1.18 bits per heavy atom. The van der Waals surface area contributed by atoms with E-state index in [1.54, 1.807) is 6.07 Å². The Morgan fingerprint density at radius 2 is 1.97 bits per heavy atom. The van der Waals surface area contributed by atoms with E-state index in [0.29, 0.717) is 23.4 Å². The van der Waals surface area contributed by atoms with E-state index in [4.69, 9.17) is 0 Å². The predicted octanol–water partition coefficient (Wildman–Crippen LogP) is 3.81. The molecule has 0 saturated carbocycles. The maximum atomic E-state index is 12.9. The molecule has 0 atom stereocenters. The summed E-state index contributed by atoms with van der Waals surface area (Å²) in [5, 5.41) is 2.95. The quantitative estimate of drug-likeness (QED) is 0.428. The number of anilines is 1. The summed E-state index contributed by atoms with van der Waals surface area (Å²) in [5.41, 5.74) is -1.20. The van der Waals surface area contributed by atoms with Crippen LogP contribution < -0.4 is 16.6 Å². The second-order valence-electron chi connectivity index (χ2n) is 7.47. The molecule has 0 radical (unpaired) electrons. The average Bonchev–Trinajstić information content (AvgIpc) is 3.22. The molecule has 0 aliphatic rings. The van der Waals surface area contributed by atoms with Gasteiger partial charge in [-0.05, 0) is 24.1 Å². The number of amides is 1. The third kappa shape index (κ3) is 4.91. The van der Waals surface area contributed by atoms with Gasteiger partial charge in [-0.1, -0.05) is 25.1 Å². The highest BCUT2D eigenvalue weighted by Crippen LogP contribution is 2.30. The summed E-state index contributed by atoms with van der Waals surface area (Å²) in [7, 11) is 0. The summed E-state index contributed by atoms with van der Waals surface area (Å²) in [6, 6.07) is 6.36. The van der Waals surface area contributed by atoms with Gasteiger partial charge in [-0.2, -0.15) is 13.2 Å². The first-order valence-corrected chi connectivity index (χ1v) is 11.0. The predicted molar refractivity (Wildman–Crippen MR) is 121 cm³/mol. The van der Waals surface area contributed by atoms with E-state index in [1.165, 1.54) is 29.1 Å². The highest BCUT2D eigenvalue weighted by molar-refractivity contribution is 7.15. The average molecular weight is 489 g/mol. The number of thiazole rings is 1. The fourth-order valence-corrected chi connectivity index (χ4v) is 4.24. The largest absolute Gasteiger partial charge is 0.416 e. The number of aromatic nitrogens is 4. The fraction of sp³-hybridized carbons (Fsp3) is 0.227. The normalized spacial score (nSPS) is 11.6. The Kier molecular flexibility index (Phi) is 6.33. The van der Waals surface area contributed by atoms with Crippen molar-refractivity contribution in [1.29, 1.82) is 0 Å². The Morgan fingerprint density at radius 3 is 2.71 bits per heavy atom. The Bertz CT molecular complexity index is 1490. The molecule has 0 aliphatic heterocycles. The summed E-state index contributed by atoms with van der Waals surface area (Å²) in [4.78, 5) is 48.1. The van der Waals surface area contributed by atoms with Crippen molar-refractivity contribution < 1.29 is 18.0 Å². The summed E-state index contributed by atoms with van der Waals surface area (Å²) >= 11 is 1.12. The molecule has 8 nitrogen and oxygen atoms in total. The number of benzene rings is 1. The summed E-state index contributed by atoms with van der Waals surface area (Å²) in [5.74, 6) is -0.568. The van der Waals surface area contributed by atoms with Gasteiger partial charge in [-0.25, -0.2) is 14.8 Å². The summed E-state index contributed by atoms with van der Waals surface area (Å²) in [6.45, 7) is 2.24. The molecule has 12 heteroatoms. The van der Waals surface area contributed by atoms with Gasteiger partial charge >= 0.3 is 11.9 Å². The van der Waals surface area contributed by atoms with Crippen LogP contribution in [0.1, 0.15) is 39.7 Å². The van der Waals surface area contributed by atoms with Gasteiger partial charge in [0.2, 0.25) is 0 Å². The lowest BCUT2D eigenvalue weighted by Gasteiger charge is -2.08. The van der Waals surface area contributed by atoms with Crippen LogP contribution in [0, 0.1) is 0 Å². The van der Waals surface area contributed by atoms with Gasteiger partial charge in [-0.15, -0.1) is 11.3 Å². The number of aryl methyl sites for hydroxylation is 1. The molecule has 3 heterocycles. The lowest BCUT2D eigenvalue weighted by molar-refractivity contribution is -0.137. The number of hydrogen-bond donors (Lipinski definition) is 2. The van der Waals surface area contributed by atoms with Crippen molar-refractivity contribution in [3.63, 3.8) is 0 Å². The molecular formula is C22H18F3N5O3S. The molecule has 2 N–H and O–H groups in total. The lowest BCUT2D eigenvalue weighted by Crippen LogP contribution is -2.31. The molecule has 4 rings (SSSR count). The van der Waals surface area contributed by atoms with E-state index < -0.39 is 28.9 Å². The summed E-state index contributed by atoms with van der Waals surface area (Å²) < 4.78 is 40.1. The number of halogens is 3. The van der Waals surface area contributed by atoms with Crippen LogP contribution >= 0.6 is 11.3 Å². The van der Waals surface area contributed by atoms with Crippen molar-refractivity contribution in [1.82, 2.24) is 19.5 Å². The summed E-state index contributed by atoms with van der Waals surface area (Å²) in [6.07, 6.45) is -0.812. The number of alkyl halides is 3. The number of nitrogens with one attached hydrogen (secondary N) is 2. The van der Waals surface area contributed by atoms with Crippen molar-refractivity contribution in [2.45, 2.75) is 32.5 Å². The standard InChI is InChI=1S/C22H18F3N5O3S/c1-2-6-30-17-16(19(32)29-21(30)33)9-13(10-26-17)18(31)28-20-27-11-15(34-20)8-12-4-3-5-14(7-12)22(23,24)25/h3-5,7,9-11H,2,6,8H2,1H3,(H,27,28,31)(H,29,32,33). The van der Waals surface area contributed by atoms with Gasteiger partial charge in [0.1, 0.15) is 5.65 Å². The minimum Gasteiger partial charge on any atom is -0.298 e. The Balaban J connectivity index is 1.53. The molecule has 176 valence electrons. The highest BCUT2D eigenvalue weighted by atomic mass is 32.1. The van der Waals surface area contributed by atoms with Crippen LogP contribution in [0.25, 0.3) is 11.0 Å². The number of rotatable bonds is 6. The van der Waals surface area contributed by atoms with Gasteiger partial charge in [0, 0.05) is 30.2 Å². The van der Waals surface area contributed by atoms with Gasteiger partial charge in [-0.3, -0.25) is 24.5 Å². The van der Waals surface area contributed by atoms with Crippen LogP contribution in [0.3, 0.4) is 0 Å². The van der Waals surface area contributed by atoms with Gasteiger partial charge < -0.3 is 0 Å². The van der Waals surface area contributed by atoms with E-state index in [1.807, 2.05) is 6.92 Å². The van der Waals surface area contributed by atoms with Crippen LogP contribution in [0.5, 0.6) is 0 Å². The van der Waals surface area contributed by atoms with E-state index in [2.05, 4.69) is 20.3 Å². The van der Waals surface area contributed by atoms with Crippen molar-refractivity contribution in [3.8, 4) is 0 Å². The number of pyridine rings is 1. The number of aromatic amines is 1. The second kappa shape index (κ2) is 9.21. The zero-order chi connectivity index (χ0) is 24.5. The molecule has 0 saturated heterocycles. The minimum atomic E-state index is -4.43. The third-order valence-corrected chi connectivity index (χ3v) is 5.86. The van der Waals surface area contributed by atoms with Crippen molar-refractivity contribution in [3.05, 3.63) is 85.1 Å². The number of carbonyl (C=O) groups excluding carboxylic acids is 1. The van der Waals surface area contributed by atoms with Crippen LogP contribution in [-0.2, 0) is 19.1 Å². The number of nitrogens with zero attached hydrogens (tertiary/aromatic N) is 3. The number of hydrogen-bond acceptors (Lipinski definition) is 6. The molecular weight excluding hydrogens is 471 g/mol. The molecule has 34 heavy (non-hydrogen) atoms. The minimum absolute atomic E-state index is 0.0920. The topological polar surface area (TPSA) is 110 Å². The molecule has 1 aromatic carbocycles. The molecule has 0 bridgehead atoms. The highest BCUT2D eigenvalue weighted by Gasteiger charge is 2.30. The van der Waals surface area contributed by atoms with E-state index in [9.17, 15) is 27.6 Å². The van der Waals surface area contributed by atoms with E-state index in [-0.39, 0.29) is 28.1 Å². The molecule has 3 aromatic heterocycles. The van der Waals surface area contributed by atoms with Crippen molar-refractivity contribution in [2.75, 3.05) is 5.32 Å². The third-order valence-electron chi connectivity index (χ3n) is 4.95. The first-order valence-electron chi connectivity index (χ1n) is 10.2. The molecule has 0 aliphatic carbocycles. The molecule has 0 unspecified atom stereocenters. The molecule has 0 spiro atoms. The van der Waals surface area contributed by atoms with Crippen molar-refractivity contribution >= 4 is 33.4 Å². The lowest BCUT2D eigenvalue weighted by atomic mass is 10.1. The van der Waals surface area contributed by atoms with E-state index in [0.717, 1.165) is 23.5 Å². The monoisotopic (exact) mass is 489 g/mol. The first kappa shape index (κ1) is 23.4. The number of carbonyl (C=O) groups is 1. The van der Waals surface area contributed by atoms with Crippen LogP contribution in [-0.4, -0.2) is 25.4 Å². The molecule has 0 fully saturated rings. The van der Waals surface area contributed by atoms with Gasteiger partial charge in [0.25, 0.3) is 11.5 Å². The number of fused-ring (bicyclic) bond motifs is 1. The zero-order valence-corrected chi connectivity index (χ0v) is 18.6. The maximum Gasteiger partial charge on any atom is 0.416 e. The second-order valence-corrected chi connectivity index (χ2v) is 8.58. The number of H-pyrrole nitrogens is 1.